The lowest BCUT2D eigenvalue weighted by molar-refractivity contribution is -0.112. The van der Waals surface area contributed by atoms with Gasteiger partial charge in [-0.25, -0.2) is 0 Å². The first kappa shape index (κ1) is 24.5. The topological polar surface area (TPSA) is 116 Å². The lowest BCUT2D eigenvalue weighted by Crippen LogP contribution is -2.13. The van der Waals surface area contributed by atoms with E-state index in [0.29, 0.717) is 40.3 Å². The zero-order valence-electron chi connectivity index (χ0n) is 19.0. The van der Waals surface area contributed by atoms with Crippen molar-refractivity contribution in [2.24, 2.45) is 0 Å². The number of carbonyl (C=O) groups excluding carboxylic acids is 1. The Morgan fingerprint density at radius 1 is 1.03 bits per heavy atom. The number of benzene rings is 2. The van der Waals surface area contributed by atoms with E-state index in [-0.39, 0.29) is 12.2 Å². The van der Waals surface area contributed by atoms with Gasteiger partial charge in [-0.1, -0.05) is 36.5 Å². The Morgan fingerprint density at radius 3 is 2.32 bits per heavy atom. The van der Waals surface area contributed by atoms with Crippen LogP contribution in [0.3, 0.4) is 0 Å². The highest BCUT2D eigenvalue weighted by atomic mass is 32.1. The minimum Gasteiger partial charge on any atom is -0.493 e. The Hall–Kier alpha value is -4.10. The standard InChI is InChI=1S/C24H24N4O5S/c1-4-22-27-28-24(34-22)26-23(29)17(15-25)13-16-9-10-20(21(14-16)31-3)33-12-11-32-19-8-6-5-7-18(19)30-2/h5-10,13-14H,4,11-12H2,1-3H3,(H,26,28,29)/b17-13-. The molecule has 0 atom stereocenters. The van der Waals surface area contributed by atoms with Gasteiger partial charge in [0.1, 0.15) is 29.9 Å². The third kappa shape index (κ3) is 6.46. The molecule has 1 heterocycles. The SMILES string of the molecule is CCc1nnc(NC(=O)/C(C#N)=C\c2ccc(OCCOc3ccccc3OC)c(OC)c2)s1. The zero-order valence-corrected chi connectivity index (χ0v) is 19.8. The number of methoxy groups -OCH3 is 2. The number of hydrogen-bond acceptors (Lipinski definition) is 9. The third-order valence-electron chi connectivity index (χ3n) is 4.52. The molecule has 1 amide bonds. The van der Waals surface area contributed by atoms with E-state index in [1.807, 2.05) is 37.3 Å². The molecule has 1 N–H and O–H groups in total. The number of hydrogen-bond donors (Lipinski definition) is 1. The summed E-state index contributed by atoms with van der Waals surface area (Å²) >= 11 is 1.27. The molecule has 0 saturated heterocycles. The van der Waals surface area contributed by atoms with Crippen molar-refractivity contribution in [1.29, 1.82) is 5.26 Å². The van der Waals surface area contributed by atoms with Gasteiger partial charge in [0.25, 0.3) is 5.91 Å². The molecule has 0 aliphatic heterocycles. The van der Waals surface area contributed by atoms with Crippen molar-refractivity contribution >= 4 is 28.5 Å². The third-order valence-corrected chi connectivity index (χ3v) is 5.50. The fourth-order valence-corrected chi connectivity index (χ4v) is 3.54. The molecular formula is C24H24N4O5S. The Labute approximate surface area is 201 Å². The second-order valence-electron chi connectivity index (χ2n) is 6.74. The molecule has 0 unspecified atom stereocenters. The smallest absolute Gasteiger partial charge is 0.268 e. The van der Waals surface area contributed by atoms with Gasteiger partial charge in [-0.05, 0) is 42.3 Å². The van der Waals surface area contributed by atoms with Gasteiger partial charge >= 0.3 is 0 Å². The van der Waals surface area contributed by atoms with E-state index in [1.165, 1.54) is 24.5 Å². The van der Waals surface area contributed by atoms with Crippen LogP contribution >= 0.6 is 11.3 Å². The molecule has 3 aromatic rings. The lowest BCUT2D eigenvalue weighted by atomic mass is 10.1. The molecule has 34 heavy (non-hydrogen) atoms. The minimum absolute atomic E-state index is 0.0748. The monoisotopic (exact) mass is 480 g/mol. The summed E-state index contributed by atoms with van der Waals surface area (Å²) in [6, 6.07) is 14.4. The highest BCUT2D eigenvalue weighted by Gasteiger charge is 2.14. The van der Waals surface area contributed by atoms with Crippen LogP contribution in [0.15, 0.2) is 48.0 Å². The molecule has 0 bridgehead atoms. The number of aromatic nitrogens is 2. The van der Waals surface area contributed by atoms with Crippen LogP contribution in [0.1, 0.15) is 17.5 Å². The van der Waals surface area contributed by atoms with Crippen molar-refractivity contribution in [1.82, 2.24) is 10.2 Å². The molecule has 0 radical (unpaired) electrons. The Bertz CT molecular complexity index is 1200. The van der Waals surface area contributed by atoms with E-state index in [4.69, 9.17) is 18.9 Å². The number of anilines is 1. The summed E-state index contributed by atoms with van der Waals surface area (Å²) in [4.78, 5) is 12.5. The Kier molecular flexibility index (Phi) is 8.82. The van der Waals surface area contributed by atoms with Crippen molar-refractivity contribution in [3.05, 3.63) is 58.6 Å². The number of aryl methyl sites for hydroxylation is 1. The van der Waals surface area contributed by atoms with E-state index < -0.39 is 5.91 Å². The van der Waals surface area contributed by atoms with Crippen LogP contribution in [0.25, 0.3) is 6.08 Å². The van der Waals surface area contributed by atoms with Crippen molar-refractivity contribution in [2.75, 3.05) is 32.8 Å². The van der Waals surface area contributed by atoms with E-state index in [9.17, 15) is 10.1 Å². The first-order valence-corrected chi connectivity index (χ1v) is 11.2. The lowest BCUT2D eigenvalue weighted by Gasteiger charge is -2.13. The highest BCUT2D eigenvalue weighted by molar-refractivity contribution is 7.15. The molecule has 0 spiro atoms. The number of ether oxygens (including phenoxy) is 4. The summed E-state index contributed by atoms with van der Waals surface area (Å²) in [5.41, 5.74) is 0.530. The number of nitriles is 1. The van der Waals surface area contributed by atoms with Gasteiger partial charge in [-0.15, -0.1) is 10.2 Å². The average Bonchev–Trinajstić information content (AvgIpc) is 3.33. The van der Waals surface area contributed by atoms with Crippen molar-refractivity contribution in [3.8, 4) is 29.1 Å². The highest BCUT2D eigenvalue weighted by Crippen LogP contribution is 2.30. The molecule has 10 heteroatoms. The fraction of sp³-hybridized carbons (Fsp3) is 0.250. The maximum absolute atomic E-state index is 12.5. The van der Waals surface area contributed by atoms with Crippen LogP contribution in [0.4, 0.5) is 5.13 Å². The number of amides is 1. The van der Waals surface area contributed by atoms with Gasteiger partial charge in [0.05, 0.1) is 14.2 Å². The predicted molar refractivity (Wildman–Crippen MR) is 128 cm³/mol. The normalized spacial score (nSPS) is 10.8. The van der Waals surface area contributed by atoms with Gasteiger partial charge in [-0.3, -0.25) is 10.1 Å². The van der Waals surface area contributed by atoms with Crippen LogP contribution in [-0.4, -0.2) is 43.5 Å². The largest absolute Gasteiger partial charge is 0.493 e. The summed E-state index contributed by atoms with van der Waals surface area (Å²) in [6.07, 6.45) is 2.18. The molecule has 3 rings (SSSR count). The molecule has 9 nitrogen and oxygen atoms in total. The zero-order chi connectivity index (χ0) is 24.3. The van der Waals surface area contributed by atoms with Crippen LogP contribution in [0.5, 0.6) is 23.0 Å². The van der Waals surface area contributed by atoms with Crippen LogP contribution in [0.2, 0.25) is 0 Å². The van der Waals surface area contributed by atoms with Crippen molar-refractivity contribution in [3.63, 3.8) is 0 Å². The minimum atomic E-state index is -0.561. The summed E-state index contributed by atoms with van der Waals surface area (Å²) in [6.45, 7) is 2.52. The second-order valence-corrected chi connectivity index (χ2v) is 7.80. The molecule has 0 aliphatic rings. The van der Waals surface area contributed by atoms with E-state index in [0.717, 1.165) is 11.4 Å². The maximum atomic E-state index is 12.5. The fourth-order valence-electron chi connectivity index (χ4n) is 2.86. The first-order valence-electron chi connectivity index (χ1n) is 10.4. The van der Waals surface area contributed by atoms with E-state index in [2.05, 4.69) is 15.5 Å². The van der Waals surface area contributed by atoms with Crippen LogP contribution in [0, 0.1) is 11.3 Å². The summed E-state index contributed by atoms with van der Waals surface area (Å²) in [5, 5.41) is 21.0. The molecule has 0 saturated carbocycles. The van der Waals surface area contributed by atoms with Crippen LogP contribution < -0.4 is 24.3 Å². The molecule has 0 fully saturated rings. The Balaban J connectivity index is 1.63. The van der Waals surface area contributed by atoms with Gasteiger partial charge in [0.15, 0.2) is 23.0 Å². The predicted octanol–water partition coefficient (Wildman–Crippen LogP) is 4.12. The summed E-state index contributed by atoms with van der Waals surface area (Å²) < 4.78 is 22.2. The van der Waals surface area contributed by atoms with Gasteiger partial charge in [-0.2, -0.15) is 5.26 Å². The summed E-state index contributed by atoms with van der Waals surface area (Å²) in [5.74, 6) is 1.68. The van der Waals surface area contributed by atoms with Gasteiger partial charge in [0, 0.05) is 0 Å². The van der Waals surface area contributed by atoms with Crippen molar-refractivity contribution in [2.45, 2.75) is 13.3 Å². The molecule has 1 aromatic heterocycles. The number of nitrogens with one attached hydrogen (secondary N) is 1. The van der Waals surface area contributed by atoms with Crippen molar-refractivity contribution < 1.29 is 23.7 Å². The number of nitrogens with zero attached hydrogens (tertiary/aromatic N) is 3. The average molecular weight is 481 g/mol. The second kappa shape index (κ2) is 12.2. The first-order chi connectivity index (χ1) is 16.6. The van der Waals surface area contributed by atoms with Gasteiger partial charge < -0.3 is 18.9 Å². The quantitative estimate of drug-likeness (QED) is 0.248. The number of carbonyl (C=O) groups is 1. The number of para-hydroxylation sites is 2. The molecule has 176 valence electrons. The number of rotatable bonds is 11. The molecule has 0 aliphatic carbocycles. The summed E-state index contributed by atoms with van der Waals surface area (Å²) in [7, 11) is 3.10. The van der Waals surface area contributed by atoms with Gasteiger partial charge in [0.2, 0.25) is 5.13 Å². The van der Waals surface area contributed by atoms with E-state index >= 15 is 0 Å². The molecule has 2 aromatic carbocycles. The van der Waals surface area contributed by atoms with Crippen LogP contribution in [-0.2, 0) is 11.2 Å². The maximum Gasteiger partial charge on any atom is 0.268 e. The molecular weight excluding hydrogens is 456 g/mol. The van der Waals surface area contributed by atoms with E-state index in [1.54, 1.807) is 25.3 Å². The Morgan fingerprint density at radius 2 is 1.71 bits per heavy atom.